The van der Waals surface area contributed by atoms with Crippen molar-refractivity contribution < 1.29 is 18.7 Å². The van der Waals surface area contributed by atoms with Crippen LogP contribution in [0.1, 0.15) is 17.5 Å². The van der Waals surface area contributed by atoms with Crippen molar-refractivity contribution in [3.63, 3.8) is 0 Å². The van der Waals surface area contributed by atoms with Crippen molar-refractivity contribution in [2.45, 2.75) is 6.92 Å². The highest BCUT2D eigenvalue weighted by molar-refractivity contribution is 5.96. The van der Waals surface area contributed by atoms with Crippen molar-refractivity contribution in [1.82, 2.24) is 0 Å². The third-order valence-corrected chi connectivity index (χ3v) is 2.53. The SMILES string of the molecule is CC(=O)c1cc2cc3c(cc2o1)OCCO3. The van der Waals surface area contributed by atoms with E-state index in [-0.39, 0.29) is 5.78 Å². The number of ether oxygens (including phenoxy) is 2. The fourth-order valence-corrected chi connectivity index (χ4v) is 1.75. The quantitative estimate of drug-likeness (QED) is 0.689. The number of Topliss-reactive ketones (excluding diaryl/α,β-unsaturated/α-hetero) is 1. The van der Waals surface area contributed by atoms with E-state index in [0.717, 1.165) is 5.39 Å². The summed E-state index contributed by atoms with van der Waals surface area (Å²) in [6, 6.07) is 5.31. The summed E-state index contributed by atoms with van der Waals surface area (Å²) in [5.41, 5.74) is 0.648. The molecule has 0 atom stereocenters. The van der Waals surface area contributed by atoms with Crippen LogP contribution in [-0.2, 0) is 0 Å². The molecule has 16 heavy (non-hydrogen) atoms. The predicted octanol–water partition coefficient (Wildman–Crippen LogP) is 2.41. The van der Waals surface area contributed by atoms with Crippen LogP contribution in [0, 0.1) is 0 Å². The van der Waals surface area contributed by atoms with E-state index in [9.17, 15) is 4.79 Å². The van der Waals surface area contributed by atoms with Crippen molar-refractivity contribution in [1.29, 1.82) is 0 Å². The minimum atomic E-state index is -0.0870. The second kappa shape index (κ2) is 3.27. The molecule has 0 saturated carbocycles. The first kappa shape index (κ1) is 9.27. The summed E-state index contributed by atoms with van der Waals surface area (Å²) in [7, 11) is 0. The van der Waals surface area contributed by atoms with Gasteiger partial charge in [0.25, 0.3) is 0 Å². The standard InChI is InChI=1S/C12H10O4/c1-7(13)9-4-8-5-11-12(6-10(8)16-9)15-3-2-14-11/h4-6H,2-3H2,1H3. The summed E-state index contributed by atoms with van der Waals surface area (Å²) in [6.07, 6.45) is 0. The third-order valence-electron chi connectivity index (χ3n) is 2.53. The molecule has 4 nitrogen and oxygen atoms in total. The van der Waals surface area contributed by atoms with Gasteiger partial charge in [-0.1, -0.05) is 0 Å². The van der Waals surface area contributed by atoms with Gasteiger partial charge in [0.05, 0.1) is 0 Å². The second-order valence-corrected chi connectivity index (χ2v) is 3.70. The van der Waals surface area contributed by atoms with Crippen LogP contribution in [0.25, 0.3) is 11.0 Å². The Hall–Kier alpha value is -1.97. The highest BCUT2D eigenvalue weighted by Gasteiger charge is 2.16. The van der Waals surface area contributed by atoms with Gasteiger partial charge in [-0.25, -0.2) is 0 Å². The van der Waals surface area contributed by atoms with Gasteiger partial charge >= 0.3 is 0 Å². The molecule has 1 aliphatic heterocycles. The molecule has 3 rings (SSSR count). The number of furan rings is 1. The monoisotopic (exact) mass is 218 g/mol. The van der Waals surface area contributed by atoms with Crippen LogP contribution in [0.3, 0.4) is 0 Å². The molecule has 1 aromatic carbocycles. The average Bonchev–Trinajstić information content (AvgIpc) is 2.68. The zero-order chi connectivity index (χ0) is 11.1. The topological polar surface area (TPSA) is 48.7 Å². The molecule has 0 N–H and O–H groups in total. The fourth-order valence-electron chi connectivity index (χ4n) is 1.75. The van der Waals surface area contributed by atoms with Crippen LogP contribution in [0.2, 0.25) is 0 Å². The third kappa shape index (κ3) is 1.34. The maximum absolute atomic E-state index is 11.2. The highest BCUT2D eigenvalue weighted by atomic mass is 16.6. The minimum Gasteiger partial charge on any atom is -0.486 e. The van der Waals surface area contributed by atoms with E-state index in [4.69, 9.17) is 13.9 Å². The number of benzene rings is 1. The Morgan fingerprint density at radius 3 is 2.50 bits per heavy atom. The largest absolute Gasteiger partial charge is 0.486 e. The molecule has 0 unspecified atom stereocenters. The Labute approximate surface area is 91.7 Å². The van der Waals surface area contributed by atoms with Gasteiger partial charge in [-0.15, -0.1) is 0 Å². The maximum atomic E-state index is 11.2. The van der Waals surface area contributed by atoms with Crippen molar-refractivity contribution >= 4 is 16.8 Å². The van der Waals surface area contributed by atoms with Gasteiger partial charge in [0.15, 0.2) is 23.0 Å². The van der Waals surface area contributed by atoms with E-state index in [0.29, 0.717) is 36.1 Å². The summed E-state index contributed by atoms with van der Waals surface area (Å²) in [5.74, 6) is 1.64. The smallest absolute Gasteiger partial charge is 0.194 e. The van der Waals surface area contributed by atoms with Crippen LogP contribution in [0.4, 0.5) is 0 Å². The lowest BCUT2D eigenvalue weighted by Crippen LogP contribution is -2.14. The lowest BCUT2D eigenvalue weighted by molar-refractivity contribution is 0.0989. The van der Waals surface area contributed by atoms with Crippen molar-refractivity contribution in [2.24, 2.45) is 0 Å². The van der Waals surface area contributed by atoms with Crippen LogP contribution >= 0.6 is 0 Å². The maximum Gasteiger partial charge on any atom is 0.194 e. The van der Waals surface area contributed by atoms with Crippen LogP contribution in [0.15, 0.2) is 22.6 Å². The number of carbonyl (C=O) groups is 1. The molecule has 1 aliphatic rings. The number of hydrogen-bond donors (Lipinski definition) is 0. The molecule has 0 radical (unpaired) electrons. The van der Waals surface area contributed by atoms with E-state index in [2.05, 4.69) is 0 Å². The second-order valence-electron chi connectivity index (χ2n) is 3.70. The molecule has 1 aromatic heterocycles. The van der Waals surface area contributed by atoms with Gasteiger partial charge in [-0.05, 0) is 12.1 Å². The molecule has 0 bridgehead atoms. The van der Waals surface area contributed by atoms with Gasteiger partial charge in [-0.2, -0.15) is 0 Å². The molecule has 0 saturated heterocycles. The fraction of sp³-hybridized carbons (Fsp3) is 0.250. The van der Waals surface area contributed by atoms with Crippen molar-refractivity contribution in [2.75, 3.05) is 13.2 Å². The Morgan fingerprint density at radius 2 is 1.81 bits per heavy atom. The van der Waals surface area contributed by atoms with Crippen molar-refractivity contribution in [3.8, 4) is 11.5 Å². The Bertz CT molecular complexity index is 525. The number of carbonyl (C=O) groups excluding carboxylic acids is 1. The minimum absolute atomic E-state index is 0.0870. The molecule has 4 heteroatoms. The molecule has 2 heterocycles. The first-order valence-corrected chi connectivity index (χ1v) is 5.08. The first-order valence-electron chi connectivity index (χ1n) is 5.08. The zero-order valence-corrected chi connectivity index (χ0v) is 8.78. The summed E-state index contributed by atoms with van der Waals surface area (Å²) in [6.45, 7) is 2.57. The lowest BCUT2D eigenvalue weighted by atomic mass is 10.2. The van der Waals surface area contributed by atoms with Gasteiger partial charge < -0.3 is 13.9 Å². The number of fused-ring (bicyclic) bond motifs is 2. The van der Waals surface area contributed by atoms with Crippen LogP contribution in [-0.4, -0.2) is 19.0 Å². The summed E-state index contributed by atoms with van der Waals surface area (Å²) in [4.78, 5) is 11.2. The van der Waals surface area contributed by atoms with E-state index >= 15 is 0 Å². The van der Waals surface area contributed by atoms with Gasteiger partial charge in [-0.3, -0.25) is 4.79 Å². The highest BCUT2D eigenvalue weighted by Crippen LogP contribution is 2.35. The van der Waals surface area contributed by atoms with Crippen LogP contribution < -0.4 is 9.47 Å². The molecular weight excluding hydrogens is 208 g/mol. The van der Waals surface area contributed by atoms with Crippen LogP contribution in [0.5, 0.6) is 11.5 Å². The molecule has 82 valence electrons. The van der Waals surface area contributed by atoms with E-state index in [1.54, 1.807) is 12.1 Å². The van der Waals surface area contributed by atoms with Crippen molar-refractivity contribution in [3.05, 3.63) is 24.0 Å². The summed E-state index contributed by atoms with van der Waals surface area (Å²) < 4.78 is 16.3. The van der Waals surface area contributed by atoms with Gasteiger partial charge in [0.1, 0.15) is 18.8 Å². The summed E-state index contributed by atoms with van der Waals surface area (Å²) in [5, 5.41) is 0.856. The molecule has 0 amide bonds. The molecule has 0 aliphatic carbocycles. The molecule has 0 spiro atoms. The summed E-state index contributed by atoms with van der Waals surface area (Å²) >= 11 is 0. The Morgan fingerprint density at radius 1 is 1.12 bits per heavy atom. The van der Waals surface area contributed by atoms with Gasteiger partial charge in [0, 0.05) is 18.4 Å². The molecule has 2 aromatic rings. The molecule has 0 fully saturated rings. The first-order chi connectivity index (χ1) is 7.74. The lowest BCUT2D eigenvalue weighted by Gasteiger charge is -2.17. The number of ketones is 1. The normalized spacial score (nSPS) is 14.1. The number of hydrogen-bond acceptors (Lipinski definition) is 4. The van der Waals surface area contributed by atoms with E-state index in [1.165, 1.54) is 6.92 Å². The Kier molecular flexibility index (Phi) is 1.89. The molecular formula is C12H10O4. The zero-order valence-electron chi connectivity index (χ0n) is 8.78. The average molecular weight is 218 g/mol. The van der Waals surface area contributed by atoms with Gasteiger partial charge in [0.2, 0.25) is 0 Å². The Balaban J connectivity index is 2.20. The number of rotatable bonds is 1. The predicted molar refractivity (Wildman–Crippen MR) is 57.2 cm³/mol. The van der Waals surface area contributed by atoms with E-state index < -0.39 is 0 Å². The van der Waals surface area contributed by atoms with E-state index in [1.807, 2.05) is 6.07 Å².